The molecule has 0 aromatic heterocycles. The van der Waals surface area contributed by atoms with E-state index < -0.39 is 0 Å². The van der Waals surface area contributed by atoms with Crippen LogP contribution >= 0.6 is 24.0 Å². The minimum Gasteiger partial charge on any atom is -0.364 e. The first-order chi connectivity index (χ1) is 11.2. The van der Waals surface area contributed by atoms with Crippen molar-refractivity contribution in [2.45, 2.75) is 19.4 Å². The van der Waals surface area contributed by atoms with Gasteiger partial charge in [0.1, 0.15) is 0 Å². The average molecular weight is 440 g/mol. The van der Waals surface area contributed by atoms with Crippen LogP contribution in [0.2, 0.25) is 0 Å². The van der Waals surface area contributed by atoms with E-state index in [2.05, 4.69) is 70.2 Å². The van der Waals surface area contributed by atoms with E-state index in [1.54, 1.807) is 0 Å². The van der Waals surface area contributed by atoms with E-state index in [1.807, 2.05) is 13.1 Å². The Balaban J connectivity index is 0.00000288. The minimum atomic E-state index is 0. The van der Waals surface area contributed by atoms with Gasteiger partial charge >= 0.3 is 0 Å². The third-order valence-electron chi connectivity index (χ3n) is 4.05. The van der Waals surface area contributed by atoms with Crippen LogP contribution in [0.1, 0.15) is 18.4 Å². The molecule has 1 aliphatic rings. The fourth-order valence-electron chi connectivity index (χ4n) is 2.66. The van der Waals surface area contributed by atoms with Gasteiger partial charge in [0.25, 0.3) is 0 Å². The van der Waals surface area contributed by atoms with E-state index >= 15 is 0 Å². The Labute approximate surface area is 163 Å². The Morgan fingerprint density at radius 1 is 1.29 bits per heavy atom. The summed E-state index contributed by atoms with van der Waals surface area (Å²) in [6.07, 6.45) is 8.51. The van der Waals surface area contributed by atoms with Crippen LogP contribution < -0.4 is 10.2 Å². The second-order valence-corrected chi connectivity index (χ2v) is 5.80. The quantitative estimate of drug-likeness (QED) is 0.231. The summed E-state index contributed by atoms with van der Waals surface area (Å²) >= 11 is 0. The number of anilines is 1. The zero-order valence-electron chi connectivity index (χ0n) is 14.7. The first-order valence-electron chi connectivity index (χ1n) is 8.26. The molecule has 0 atom stereocenters. The van der Waals surface area contributed by atoms with Gasteiger partial charge in [0.2, 0.25) is 0 Å². The predicted molar refractivity (Wildman–Crippen MR) is 115 cm³/mol. The molecule has 4 nitrogen and oxygen atoms in total. The first kappa shape index (κ1) is 20.5. The number of nitrogens with one attached hydrogen (secondary N) is 1. The summed E-state index contributed by atoms with van der Waals surface area (Å²) in [5.41, 5.74) is 2.55. The molecule has 0 unspecified atom stereocenters. The number of allylic oxidation sites excluding steroid dienone is 1. The molecule has 0 spiro atoms. The number of benzene rings is 1. The van der Waals surface area contributed by atoms with Crippen LogP contribution in [0.15, 0.2) is 54.1 Å². The smallest absolute Gasteiger partial charge is 0.193 e. The molecule has 1 N–H and O–H groups in total. The molecule has 0 aliphatic carbocycles. The lowest BCUT2D eigenvalue weighted by atomic mass is 10.2. The van der Waals surface area contributed by atoms with Gasteiger partial charge in [-0.3, -0.25) is 4.99 Å². The highest BCUT2D eigenvalue weighted by atomic mass is 127. The Hall–Kier alpha value is -1.50. The van der Waals surface area contributed by atoms with Crippen molar-refractivity contribution < 1.29 is 0 Å². The molecule has 1 heterocycles. The number of rotatable bonds is 7. The summed E-state index contributed by atoms with van der Waals surface area (Å²) < 4.78 is 0. The molecular weight excluding hydrogens is 411 g/mol. The highest BCUT2D eigenvalue weighted by Gasteiger charge is 2.08. The number of halogens is 1. The molecule has 0 saturated heterocycles. The topological polar surface area (TPSA) is 30.9 Å². The summed E-state index contributed by atoms with van der Waals surface area (Å²) in [4.78, 5) is 8.86. The van der Waals surface area contributed by atoms with Gasteiger partial charge in [-0.2, -0.15) is 0 Å². The molecule has 132 valence electrons. The van der Waals surface area contributed by atoms with E-state index in [9.17, 15) is 0 Å². The fourth-order valence-corrected chi connectivity index (χ4v) is 2.66. The number of guanidine groups is 1. The SMILES string of the molecule is C=CCCCN(C)C(=NC)NCc1ccc(N2CC=CC2)cc1.I. The predicted octanol–water partition coefficient (Wildman–Crippen LogP) is 3.65. The van der Waals surface area contributed by atoms with E-state index in [0.717, 1.165) is 45.0 Å². The van der Waals surface area contributed by atoms with E-state index in [-0.39, 0.29) is 24.0 Å². The van der Waals surface area contributed by atoms with Gasteiger partial charge in [-0.1, -0.05) is 30.4 Å². The summed E-state index contributed by atoms with van der Waals surface area (Å²) in [5, 5.41) is 3.43. The van der Waals surface area contributed by atoms with Crippen molar-refractivity contribution in [1.29, 1.82) is 0 Å². The van der Waals surface area contributed by atoms with Gasteiger partial charge in [0.15, 0.2) is 5.96 Å². The van der Waals surface area contributed by atoms with Crippen LogP contribution in [-0.2, 0) is 6.54 Å². The standard InChI is InChI=1S/C19H28N4.HI/c1-4-5-6-13-22(3)19(20-2)21-16-17-9-11-18(12-10-17)23-14-7-8-15-23;/h4,7-12H,1,5-6,13-16H2,2-3H3,(H,20,21);1H. The highest BCUT2D eigenvalue weighted by Crippen LogP contribution is 2.17. The Bertz CT molecular complexity index is 543. The van der Waals surface area contributed by atoms with Gasteiger partial charge in [0, 0.05) is 46.0 Å². The van der Waals surface area contributed by atoms with Gasteiger partial charge in [-0.15, -0.1) is 30.6 Å². The van der Waals surface area contributed by atoms with E-state index in [4.69, 9.17) is 0 Å². The third kappa shape index (κ3) is 6.19. The summed E-state index contributed by atoms with van der Waals surface area (Å²) in [6, 6.07) is 8.76. The molecule has 1 aromatic rings. The van der Waals surface area contributed by atoms with Gasteiger partial charge in [0.05, 0.1) is 0 Å². The monoisotopic (exact) mass is 440 g/mol. The summed E-state index contributed by atoms with van der Waals surface area (Å²) in [5.74, 6) is 0.932. The molecule has 1 aromatic carbocycles. The molecule has 2 rings (SSSR count). The average Bonchev–Trinajstić information content (AvgIpc) is 3.11. The van der Waals surface area contributed by atoms with Crippen LogP contribution in [-0.4, -0.2) is 44.6 Å². The molecule has 0 bridgehead atoms. The Morgan fingerprint density at radius 2 is 1.96 bits per heavy atom. The van der Waals surface area contributed by atoms with Crippen molar-refractivity contribution in [2.75, 3.05) is 38.6 Å². The highest BCUT2D eigenvalue weighted by molar-refractivity contribution is 14.0. The molecule has 0 amide bonds. The lowest BCUT2D eigenvalue weighted by Crippen LogP contribution is -2.38. The first-order valence-corrected chi connectivity index (χ1v) is 8.26. The number of nitrogens with zero attached hydrogens (tertiary/aromatic N) is 3. The van der Waals surface area contributed by atoms with Crippen LogP contribution in [0.3, 0.4) is 0 Å². The number of unbranched alkanes of at least 4 members (excludes halogenated alkanes) is 1. The normalized spacial score (nSPS) is 13.6. The largest absolute Gasteiger partial charge is 0.364 e. The molecule has 1 aliphatic heterocycles. The van der Waals surface area contributed by atoms with Crippen molar-refractivity contribution in [3.8, 4) is 0 Å². The maximum absolute atomic E-state index is 4.35. The lowest BCUT2D eigenvalue weighted by Gasteiger charge is -2.22. The molecule has 0 radical (unpaired) electrons. The molecule has 24 heavy (non-hydrogen) atoms. The van der Waals surface area contributed by atoms with E-state index in [1.165, 1.54) is 11.3 Å². The van der Waals surface area contributed by atoms with Gasteiger partial charge < -0.3 is 15.1 Å². The van der Waals surface area contributed by atoms with Crippen molar-refractivity contribution >= 4 is 35.6 Å². The fraction of sp³-hybridized carbons (Fsp3) is 0.421. The van der Waals surface area contributed by atoms with Crippen molar-refractivity contribution in [3.63, 3.8) is 0 Å². The molecule has 0 saturated carbocycles. The Morgan fingerprint density at radius 3 is 2.54 bits per heavy atom. The molecular formula is C19H29IN4. The Kier molecular flexibility index (Phi) is 9.52. The van der Waals surface area contributed by atoms with Crippen molar-refractivity contribution in [1.82, 2.24) is 10.2 Å². The molecule has 5 heteroatoms. The second-order valence-electron chi connectivity index (χ2n) is 5.80. The summed E-state index contributed by atoms with van der Waals surface area (Å²) in [7, 11) is 3.90. The van der Waals surface area contributed by atoms with Gasteiger partial charge in [-0.25, -0.2) is 0 Å². The van der Waals surface area contributed by atoms with Gasteiger partial charge in [-0.05, 0) is 30.5 Å². The maximum atomic E-state index is 4.35. The third-order valence-corrected chi connectivity index (χ3v) is 4.05. The number of hydrogen-bond acceptors (Lipinski definition) is 2. The van der Waals surface area contributed by atoms with Crippen molar-refractivity contribution in [2.24, 2.45) is 4.99 Å². The van der Waals surface area contributed by atoms with Crippen LogP contribution in [0.4, 0.5) is 5.69 Å². The number of aliphatic imine (C=N–C) groups is 1. The molecule has 0 fully saturated rings. The van der Waals surface area contributed by atoms with Crippen LogP contribution in [0.25, 0.3) is 0 Å². The lowest BCUT2D eigenvalue weighted by molar-refractivity contribution is 0.470. The second kappa shape index (κ2) is 11.1. The maximum Gasteiger partial charge on any atom is 0.193 e. The zero-order chi connectivity index (χ0) is 16.5. The van der Waals surface area contributed by atoms with Crippen LogP contribution in [0, 0.1) is 0 Å². The summed E-state index contributed by atoms with van der Waals surface area (Å²) in [6.45, 7) is 7.56. The van der Waals surface area contributed by atoms with E-state index in [0.29, 0.717) is 0 Å². The van der Waals surface area contributed by atoms with Crippen LogP contribution in [0.5, 0.6) is 0 Å². The number of hydrogen-bond donors (Lipinski definition) is 1. The zero-order valence-corrected chi connectivity index (χ0v) is 17.1. The van der Waals surface area contributed by atoms with Crippen molar-refractivity contribution in [3.05, 3.63) is 54.6 Å². The minimum absolute atomic E-state index is 0.